The highest BCUT2D eigenvalue weighted by atomic mass is 16.2. The molecule has 3 N–H and O–H groups in total. The van der Waals surface area contributed by atoms with Gasteiger partial charge in [0.15, 0.2) is 0 Å². The third-order valence-electron chi connectivity index (χ3n) is 2.79. The van der Waals surface area contributed by atoms with Crippen LogP contribution in [0, 0.1) is 11.3 Å². The van der Waals surface area contributed by atoms with Crippen LogP contribution in [0.3, 0.4) is 0 Å². The smallest absolute Gasteiger partial charge is 0.239 e. The predicted octanol–water partition coefficient (Wildman–Crippen LogP) is 1.30. The number of hydrogen-bond donors (Lipinski definition) is 2. The molecule has 19 heavy (non-hydrogen) atoms. The van der Waals surface area contributed by atoms with Crippen LogP contribution in [0.4, 0.5) is 11.4 Å². The zero-order chi connectivity index (χ0) is 14.3. The molecule has 0 atom stereocenters. The van der Waals surface area contributed by atoms with Crippen molar-refractivity contribution in [3.63, 3.8) is 0 Å². The van der Waals surface area contributed by atoms with Gasteiger partial charge in [-0.2, -0.15) is 5.26 Å². The molecule has 0 aliphatic carbocycles. The van der Waals surface area contributed by atoms with E-state index in [0.29, 0.717) is 12.2 Å². The fraction of sp³-hybridized carbons (Fsp3) is 0.429. The van der Waals surface area contributed by atoms with Gasteiger partial charge in [0.05, 0.1) is 19.0 Å². The van der Waals surface area contributed by atoms with Crippen molar-refractivity contribution in [2.45, 2.75) is 19.8 Å². The molecule has 0 aliphatic rings. The zero-order valence-electron chi connectivity index (χ0n) is 11.4. The van der Waals surface area contributed by atoms with E-state index in [1.54, 1.807) is 6.07 Å². The second-order valence-corrected chi connectivity index (χ2v) is 4.42. The van der Waals surface area contributed by atoms with Gasteiger partial charge in [-0.3, -0.25) is 4.79 Å². The highest BCUT2D eigenvalue weighted by molar-refractivity contribution is 5.81. The number of likely N-dealkylation sites (N-methyl/N-ethyl adjacent to an activating group) is 1. The molecule has 5 nitrogen and oxygen atoms in total. The van der Waals surface area contributed by atoms with Gasteiger partial charge in [0.1, 0.15) is 0 Å². The lowest BCUT2D eigenvalue weighted by Gasteiger charge is -2.19. The lowest BCUT2D eigenvalue weighted by molar-refractivity contribution is -0.119. The normalized spacial score (nSPS) is 9.74. The Morgan fingerprint density at radius 2 is 2.26 bits per heavy atom. The Hall–Kier alpha value is -2.22. The van der Waals surface area contributed by atoms with Crippen LogP contribution >= 0.6 is 0 Å². The van der Waals surface area contributed by atoms with Crippen LogP contribution in [0.2, 0.25) is 0 Å². The Morgan fingerprint density at radius 1 is 1.53 bits per heavy atom. The number of carbonyl (C=O) groups excluding carboxylic acids is 1. The van der Waals surface area contributed by atoms with E-state index in [4.69, 9.17) is 11.0 Å². The molecule has 0 aliphatic heterocycles. The van der Waals surface area contributed by atoms with E-state index in [-0.39, 0.29) is 18.9 Å². The van der Waals surface area contributed by atoms with Crippen LogP contribution in [0.1, 0.15) is 18.9 Å². The average molecular weight is 260 g/mol. The monoisotopic (exact) mass is 260 g/mol. The molecule has 0 fully saturated rings. The molecule has 102 valence electrons. The summed E-state index contributed by atoms with van der Waals surface area (Å²) < 4.78 is 0. The molecule has 0 aromatic heterocycles. The maximum absolute atomic E-state index is 11.6. The number of anilines is 2. The molecular weight excluding hydrogens is 240 g/mol. The maximum atomic E-state index is 11.6. The van der Waals surface area contributed by atoms with Crippen LogP contribution in [0.25, 0.3) is 0 Å². The first kappa shape index (κ1) is 14.8. The van der Waals surface area contributed by atoms with Gasteiger partial charge in [0.2, 0.25) is 5.91 Å². The van der Waals surface area contributed by atoms with E-state index in [1.807, 2.05) is 31.0 Å². The summed E-state index contributed by atoms with van der Waals surface area (Å²) >= 11 is 0. The van der Waals surface area contributed by atoms with E-state index >= 15 is 0 Å². The number of nitrogens with zero attached hydrogens (tertiary/aromatic N) is 2. The number of nitrogens with two attached hydrogens (primary N) is 1. The molecule has 0 saturated heterocycles. The van der Waals surface area contributed by atoms with Gasteiger partial charge in [-0.05, 0) is 30.2 Å². The van der Waals surface area contributed by atoms with Gasteiger partial charge < -0.3 is 16.0 Å². The third kappa shape index (κ3) is 4.51. The summed E-state index contributed by atoms with van der Waals surface area (Å²) in [6, 6.07) is 7.55. The fourth-order valence-corrected chi connectivity index (χ4v) is 1.69. The van der Waals surface area contributed by atoms with E-state index in [0.717, 1.165) is 17.7 Å². The number of nitrogens with one attached hydrogen (secondary N) is 1. The molecule has 1 amide bonds. The second-order valence-electron chi connectivity index (χ2n) is 4.42. The SMILES string of the molecule is CCCNC(=O)CN(C)c1ccc(N)c(CC#N)c1. The minimum atomic E-state index is -0.0111. The fourth-order valence-electron chi connectivity index (χ4n) is 1.69. The van der Waals surface area contributed by atoms with Gasteiger partial charge in [0, 0.05) is 25.0 Å². The van der Waals surface area contributed by atoms with Crippen LogP contribution in [-0.4, -0.2) is 26.0 Å². The van der Waals surface area contributed by atoms with Crippen LogP contribution in [-0.2, 0) is 11.2 Å². The van der Waals surface area contributed by atoms with E-state index in [1.165, 1.54) is 0 Å². The van der Waals surface area contributed by atoms with Crippen molar-refractivity contribution in [2.75, 3.05) is 30.8 Å². The van der Waals surface area contributed by atoms with Gasteiger partial charge >= 0.3 is 0 Å². The topological polar surface area (TPSA) is 82.2 Å². The number of benzene rings is 1. The van der Waals surface area contributed by atoms with Crippen molar-refractivity contribution in [2.24, 2.45) is 0 Å². The Labute approximate surface area is 114 Å². The summed E-state index contributed by atoms with van der Waals surface area (Å²) in [6.45, 7) is 2.99. The van der Waals surface area contributed by atoms with Crippen molar-refractivity contribution < 1.29 is 4.79 Å². The Kier molecular flexibility index (Phi) is 5.68. The molecule has 0 radical (unpaired) electrons. The standard InChI is InChI=1S/C14H20N4O/c1-3-8-17-14(19)10-18(2)12-4-5-13(16)11(9-12)6-7-15/h4-5,9H,3,6,8,10,16H2,1-2H3,(H,17,19). The molecule has 1 aromatic carbocycles. The number of carbonyl (C=O) groups is 1. The number of rotatable bonds is 6. The lowest BCUT2D eigenvalue weighted by atomic mass is 10.1. The number of nitrogen functional groups attached to an aromatic ring is 1. The molecule has 0 bridgehead atoms. The van der Waals surface area contributed by atoms with E-state index in [9.17, 15) is 4.79 Å². The summed E-state index contributed by atoms with van der Waals surface area (Å²) in [5.41, 5.74) is 8.07. The maximum Gasteiger partial charge on any atom is 0.239 e. The first-order valence-corrected chi connectivity index (χ1v) is 6.31. The van der Waals surface area contributed by atoms with Gasteiger partial charge in [-0.15, -0.1) is 0 Å². The van der Waals surface area contributed by atoms with Crippen molar-refractivity contribution >= 4 is 17.3 Å². The zero-order valence-corrected chi connectivity index (χ0v) is 11.4. The molecule has 5 heteroatoms. The second kappa shape index (κ2) is 7.27. The molecule has 0 saturated carbocycles. The van der Waals surface area contributed by atoms with Gasteiger partial charge in [-0.25, -0.2) is 0 Å². The molecular formula is C14H20N4O. The van der Waals surface area contributed by atoms with Gasteiger partial charge in [0.25, 0.3) is 0 Å². The van der Waals surface area contributed by atoms with Crippen molar-refractivity contribution in [3.05, 3.63) is 23.8 Å². The molecule has 1 aromatic rings. The summed E-state index contributed by atoms with van der Waals surface area (Å²) in [7, 11) is 1.84. The lowest BCUT2D eigenvalue weighted by Crippen LogP contribution is -2.35. The molecule has 1 rings (SSSR count). The summed E-state index contributed by atoms with van der Waals surface area (Å²) in [5.74, 6) is -0.0111. The van der Waals surface area contributed by atoms with Crippen molar-refractivity contribution in [3.8, 4) is 6.07 Å². The van der Waals surface area contributed by atoms with Crippen molar-refractivity contribution in [1.82, 2.24) is 5.32 Å². The minimum Gasteiger partial charge on any atom is -0.398 e. The summed E-state index contributed by atoms with van der Waals surface area (Å²) in [4.78, 5) is 13.5. The molecule has 0 heterocycles. The largest absolute Gasteiger partial charge is 0.398 e. The Balaban J connectivity index is 2.71. The number of hydrogen-bond acceptors (Lipinski definition) is 4. The Morgan fingerprint density at radius 3 is 2.89 bits per heavy atom. The third-order valence-corrected chi connectivity index (χ3v) is 2.79. The van der Waals surface area contributed by atoms with Crippen LogP contribution in [0.15, 0.2) is 18.2 Å². The first-order valence-electron chi connectivity index (χ1n) is 6.31. The highest BCUT2D eigenvalue weighted by Crippen LogP contribution is 2.20. The highest BCUT2D eigenvalue weighted by Gasteiger charge is 2.08. The summed E-state index contributed by atoms with van der Waals surface area (Å²) in [5, 5.41) is 11.6. The quantitative estimate of drug-likeness (QED) is 0.755. The molecule has 0 spiro atoms. The summed E-state index contributed by atoms with van der Waals surface area (Å²) in [6.07, 6.45) is 1.19. The Bertz CT molecular complexity index is 479. The number of nitriles is 1. The van der Waals surface area contributed by atoms with Crippen molar-refractivity contribution in [1.29, 1.82) is 5.26 Å². The van der Waals surface area contributed by atoms with Crippen LogP contribution < -0.4 is 16.0 Å². The minimum absolute atomic E-state index is 0.0111. The predicted molar refractivity (Wildman–Crippen MR) is 76.7 cm³/mol. The van der Waals surface area contributed by atoms with E-state index in [2.05, 4.69) is 11.4 Å². The van der Waals surface area contributed by atoms with Gasteiger partial charge in [-0.1, -0.05) is 6.92 Å². The number of amides is 1. The molecule has 0 unspecified atom stereocenters. The average Bonchev–Trinajstić information content (AvgIpc) is 2.39. The van der Waals surface area contributed by atoms with Crippen LogP contribution in [0.5, 0.6) is 0 Å². The van der Waals surface area contributed by atoms with E-state index < -0.39 is 0 Å². The first-order chi connectivity index (χ1) is 9.08.